The summed E-state index contributed by atoms with van der Waals surface area (Å²) in [6, 6.07) is 5.65. The number of benzene rings is 1. The van der Waals surface area contributed by atoms with Crippen molar-refractivity contribution in [3.05, 3.63) is 44.9 Å². The van der Waals surface area contributed by atoms with Crippen LogP contribution in [0.15, 0.2) is 23.6 Å². The summed E-state index contributed by atoms with van der Waals surface area (Å²) < 4.78 is 5.85. The molecule has 0 unspecified atom stereocenters. The molecule has 5 nitrogen and oxygen atoms in total. The maximum Gasteiger partial charge on any atom is 0.273 e. The zero-order chi connectivity index (χ0) is 17.8. The second-order valence-corrected chi connectivity index (χ2v) is 7.64. The van der Waals surface area contributed by atoms with Gasteiger partial charge in [0, 0.05) is 43.1 Å². The molecule has 1 amide bonds. The number of hydrogen-bond donors (Lipinski definition) is 0. The van der Waals surface area contributed by atoms with E-state index in [1.165, 1.54) is 11.3 Å². The monoisotopic (exact) mass is 379 g/mol. The highest BCUT2D eigenvalue weighted by atomic mass is 35.5. The number of rotatable bonds is 5. The van der Waals surface area contributed by atoms with Crippen molar-refractivity contribution in [2.24, 2.45) is 0 Å². The molecule has 1 fully saturated rings. The minimum atomic E-state index is 0.0389. The van der Waals surface area contributed by atoms with Crippen molar-refractivity contribution in [2.45, 2.75) is 13.8 Å². The first-order valence-electron chi connectivity index (χ1n) is 8.35. The second kappa shape index (κ2) is 8.17. The molecule has 1 aromatic carbocycles. The Bertz CT molecular complexity index is 742. The fourth-order valence-corrected chi connectivity index (χ4v) is 3.67. The number of amides is 1. The lowest BCUT2D eigenvalue weighted by molar-refractivity contribution is 0.0615. The number of halogens is 1. The number of aryl methyl sites for hydroxylation is 2. The molecule has 7 heteroatoms. The summed E-state index contributed by atoms with van der Waals surface area (Å²) in [5.74, 6) is 0.911. The summed E-state index contributed by atoms with van der Waals surface area (Å²) in [4.78, 5) is 20.9. The van der Waals surface area contributed by atoms with Gasteiger partial charge in [0.1, 0.15) is 18.1 Å². The van der Waals surface area contributed by atoms with E-state index in [-0.39, 0.29) is 5.91 Å². The third kappa shape index (κ3) is 4.71. The average molecular weight is 380 g/mol. The number of hydrogen-bond acceptors (Lipinski definition) is 5. The van der Waals surface area contributed by atoms with Crippen LogP contribution in [0.4, 0.5) is 0 Å². The van der Waals surface area contributed by atoms with Gasteiger partial charge in [-0.25, -0.2) is 4.98 Å². The topological polar surface area (TPSA) is 45.7 Å². The summed E-state index contributed by atoms with van der Waals surface area (Å²) in [5, 5.41) is 3.49. The highest BCUT2D eigenvalue weighted by Gasteiger charge is 2.23. The molecule has 1 aliphatic rings. The molecule has 0 N–H and O–H groups in total. The number of aromatic nitrogens is 1. The standard InChI is InChI=1S/C18H22ClN3O2S/c1-13-11-15(19)3-4-17(13)24-10-9-21-5-7-22(8-6-21)18(23)16-12-25-14(2)20-16/h3-4,11-12H,5-10H2,1-2H3. The molecule has 1 aromatic heterocycles. The summed E-state index contributed by atoms with van der Waals surface area (Å²) in [7, 11) is 0. The Morgan fingerprint density at radius 1 is 1.28 bits per heavy atom. The van der Waals surface area contributed by atoms with E-state index in [1.54, 1.807) is 0 Å². The maximum absolute atomic E-state index is 12.4. The fourth-order valence-electron chi connectivity index (χ4n) is 2.86. The largest absolute Gasteiger partial charge is 0.492 e. The Morgan fingerprint density at radius 3 is 2.68 bits per heavy atom. The first kappa shape index (κ1) is 18.2. The van der Waals surface area contributed by atoms with E-state index in [9.17, 15) is 4.79 Å². The fraction of sp³-hybridized carbons (Fsp3) is 0.444. The smallest absolute Gasteiger partial charge is 0.273 e. The lowest BCUT2D eigenvalue weighted by Crippen LogP contribution is -2.49. The molecule has 0 saturated carbocycles. The van der Waals surface area contributed by atoms with Crippen LogP contribution in [-0.2, 0) is 0 Å². The molecule has 3 rings (SSSR count). The van der Waals surface area contributed by atoms with Gasteiger partial charge in [-0.3, -0.25) is 9.69 Å². The van der Waals surface area contributed by atoms with Crippen molar-refractivity contribution in [1.82, 2.24) is 14.8 Å². The van der Waals surface area contributed by atoms with Crippen molar-refractivity contribution >= 4 is 28.8 Å². The lowest BCUT2D eigenvalue weighted by Gasteiger charge is -2.34. The van der Waals surface area contributed by atoms with Crippen LogP contribution in [-0.4, -0.2) is 60.0 Å². The number of nitrogens with zero attached hydrogens (tertiary/aromatic N) is 3. The van der Waals surface area contributed by atoms with Crippen molar-refractivity contribution in [3.8, 4) is 5.75 Å². The van der Waals surface area contributed by atoms with Crippen LogP contribution in [0.5, 0.6) is 5.75 Å². The predicted molar refractivity (Wildman–Crippen MR) is 101 cm³/mol. The summed E-state index contributed by atoms with van der Waals surface area (Å²) in [5.41, 5.74) is 1.61. The van der Waals surface area contributed by atoms with Crippen LogP contribution in [0.2, 0.25) is 5.02 Å². The third-order valence-corrected chi connectivity index (χ3v) is 5.31. The van der Waals surface area contributed by atoms with E-state index in [4.69, 9.17) is 16.3 Å². The molecular weight excluding hydrogens is 358 g/mol. The van der Waals surface area contributed by atoms with Gasteiger partial charge in [0.25, 0.3) is 5.91 Å². The zero-order valence-electron chi connectivity index (χ0n) is 14.5. The average Bonchev–Trinajstić information content (AvgIpc) is 3.03. The Labute approximate surface area is 157 Å². The number of thiazole rings is 1. The Hall–Kier alpha value is -1.63. The molecule has 0 spiro atoms. The van der Waals surface area contributed by atoms with Crippen molar-refractivity contribution in [2.75, 3.05) is 39.3 Å². The van der Waals surface area contributed by atoms with Crippen LogP contribution >= 0.6 is 22.9 Å². The Kier molecular flexibility index (Phi) is 5.93. The molecule has 0 bridgehead atoms. The summed E-state index contributed by atoms with van der Waals surface area (Å²) in [6.45, 7) is 8.57. The van der Waals surface area contributed by atoms with E-state index < -0.39 is 0 Å². The van der Waals surface area contributed by atoms with E-state index in [2.05, 4.69) is 9.88 Å². The van der Waals surface area contributed by atoms with Gasteiger partial charge in [0.15, 0.2) is 0 Å². The van der Waals surface area contributed by atoms with Gasteiger partial charge >= 0.3 is 0 Å². The minimum absolute atomic E-state index is 0.0389. The van der Waals surface area contributed by atoms with Crippen molar-refractivity contribution < 1.29 is 9.53 Å². The number of piperazine rings is 1. The van der Waals surface area contributed by atoms with Crippen LogP contribution in [0, 0.1) is 13.8 Å². The maximum atomic E-state index is 12.4. The first-order valence-corrected chi connectivity index (χ1v) is 9.61. The molecule has 2 aromatic rings. The minimum Gasteiger partial charge on any atom is -0.492 e. The molecule has 25 heavy (non-hydrogen) atoms. The van der Waals surface area contributed by atoms with Crippen LogP contribution in [0.1, 0.15) is 21.1 Å². The van der Waals surface area contributed by atoms with Crippen molar-refractivity contribution in [1.29, 1.82) is 0 Å². The van der Waals surface area contributed by atoms with E-state index >= 15 is 0 Å². The van der Waals surface area contributed by atoms with Crippen LogP contribution in [0.25, 0.3) is 0 Å². The molecule has 134 valence electrons. The molecule has 2 heterocycles. The van der Waals surface area contributed by atoms with E-state index in [0.29, 0.717) is 12.3 Å². The van der Waals surface area contributed by atoms with Gasteiger partial charge in [0.2, 0.25) is 0 Å². The van der Waals surface area contributed by atoms with Gasteiger partial charge in [-0.1, -0.05) is 11.6 Å². The van der Waals surface area contributed by atoms with E-state index in [0.717, 1.165) is 54.1 Å². The van der Waals surface area contributed by atoms with E-state index in [1.807, 2.05) is 42.3 Å². The zero-order valence-corrected chi connectivity index (χ0v) is 16.1. The van der Waals surface area contributed by atoms with Gasteiger partial charge in [-0.15, -0.1) is 11.3 Å². The molecular formula is C18H22ClN3O2S. The molecule has 0 atom stereocenters. The van der Waals surface area contributed by atoms with Crippen LogP contribution < -0.4 is 4.74 Å². The highest BCUT2D eigenvalue weighted by Crippen LogP contribution is 2.21. The molecule has 1 saturated heterocycles. The number of carbonyl (C=O) groups is 1. The van der Waals surface area contributed by atoms with Gasteiger partial charge in [-0.05, 0) is 37.6 Å². The molecule has 0 radical (unpaired) electrons. The second-order valence-electron chi connectivity index (χ2n) is 6.14. The molecule has 0 aliphatic carbocycles. The number of carbonyl (C=O) groups excluding carboxylic acids is 1. The lowest BCUT2D eigenvalue weighted by atomic mass is 10.2. The first-order chi connectivity index (χ1) is 12.0. The SMILES string of the molecule is Cc1nc(C(=O)N2CCN(CCOc3ccc(Cl)cc3C)CC2)cs1. The predicted octanol–water partition coefficient (Wildman–Crippen LogP) is 3.25. The highest BCUT2D eigenvalue weighted by molar-refractivity contribution is 7.09. The third-order valence-electron chi connectivity index (χ3n) is 4.30. The number of ether oxygens (including phenoxy) is 1. The molecule has 1 aliphatic heterocycles. The summed E-state index contributed by atoms with van der Waals surface area (Å²) in [6.07, 6.45) is 0. The van der Waals surface area contributed by atoms with Crippen LogP contribution in [0.3, 0.4) is 0 Å². The van der Waals surface area contributed by atoms with Gasteiger partial charge < -0.3 is 9.64 Å². The van der Waals surface area contributed by atoms with Gasteiger partial charge in [0.05, 0.1) is 5.01 Å². The Balaban J connectivity index is 1.42. The quantitative estimate of drug-likeness (QED) is 0.800. The van der Waals surface area contributed by atoms with Gasteiger partial charge in [-0.2, -0.15) is 0 Å². The van der Waals surface area contributed by atoms with Crippen molar-refractivity contribution in [3.63, 3.8) is 0 Å². The summed E-state index contributed by atoms with van der Waals surface area (Å²) >= 11 is 7.47. The normalized spacial score (nSPS) is 15.4. The Morgan fingerprint density at radius 2 is 2.04 bits per heavy atom.